The Labute approximate surface area is 143 Å². The summed E-state index contributed by atoms with van der Waals surface area (Å²) < 4.78 is 0. The molecule has 2 heterocycles. The monoisotopic (exact) mass is 330 g/mol. The zero-order chi connectivity index (χ0) is 17.2. The van der Waals surface area contributed by atoms with Crippen LogP contribution in [-0.2, 0) is 9.63 Å². The maximum Gasteiger partial charge on any atom is 0.201 e. The fourth-order valence-electron chi connectivity index (χ4n) is 2.89. The molecule has 0 bridgehead atoms. The Morgan fingerprint density at radius 2 is 1.96 bits per heavy atom. The van der Waals surface area contributed by atoms with Crippen molar-refractivity contribution in [2.24, 2.45) is 5.16 Å². The van der Waals surface area contributed by atoms with E-state index in [-0.39, 0.29) is 5.78 Å². The molecular formula is C19H14N4O2. The van der Waals surface area contributed by atoms with Crippen LogP contribution < -0.4 is 0 Å². The van der Waals surface area contributed by atoms with Crippen molar-refractivity contribution in [1.29, 1.82) is 5.26 Å². The van der Waals surface area contributed by atoms with E-state index >= 15 is 0 Å². The molecule has 0 unspecified atom stereocenters. The highest BCUT2D eigenvalue weighted by Gasteiger charge is 2.36. The minimum atomic E-state index is -1.01. The third kappa shape index (κ3) is 2.76. The predicted octanol–water partition coefficient (Wildman–Crippen LogP) is 2.93. The van der Waals surface area contributed by atoms with E-state index in [1.165, 1.54) is 0 Å². The van der Waals surface area contributed by atoms with Gasteiger partial charge in [-0.2, -0.15) is 5.26 Å². The summed E-state index contributed by atoms with van der Waals surface area (Å²) in [6, 6.07) is 19.0. The van der Waals surface area contributed by atoms with Gasteiger partial charge in [0.25, 0.3) is 0 Å². The molecule has 1 aliphatic rings. The van der Waals surface area contributed by atoms with Crippen LogP contribution in [0.4, 0.5) is 0 Å². The van der Waals surface area contributed by atoms with Crippen LogP contribution in [-0.4, -0.2) is 27.6 Å². The van der Waals surface area contributed by atoms with Gasteiger partial charge in [-0.3, -0.25) is 4.79 Å². The normalized spacial score (nSPS) is 17.6. The van der Waals surface area contributed by atoms with Gasteiger partial charge in [0, 0.05) is 6.42 Å². The number of fused-ring (bicyclic) bond motifs is 1. The number of aromatic nitrogens is 2. The van der Waals surface area contributed by atoms with Crippen LogP contribution in [0.2, 0.25) is 0 Å². The minimum Gasteiger partial charge on any atom is -0.384 e. The molecule has 0 spiro atoms. The van der Waals surface area contributed by atoms with Gasteiger partial charge < -0.3 is 9.82 Å². The largest absolute Gasteiger partial charge is 0.384 e. The summed E-state index contributed by atoms with van der Waals surface area (Å²) in [5, 5.41) is 13.5. The number of benzene rings is 2. The van der Waals surface area contributed by atoms with E-state index in [1.807, 2.05) is 60.7 Å². The van der Waals surface area contributed by atoms with Gasteiger partial charge in [0.05, 0.1) is 22.8 Å². The Hall–Kier alpha value is -3.46. The number of carbonyl (C=O) groups is 1. The van der Waals surface area contributed by atoms with E-state index < -0.39 is 12.0 Å². The van der Waals surface area contributed by atoms with E-state index in [1.54, 1.807) is 0 Å². The SMILES string of the molecule is N#C[C@H](C(=O)[C@H]1CC(c2ccccc2)=NO1)c1nc2ccccc2[nH]1. The number of carbonyl (C=O) groups excluding carboxylic acids is 1. The lowest BCUT2D eigenvalue weighted by atomic mass is 9.95. The van der Waals surface area contributed by atoms with Gasteiger partial charge in [0.2, 0.25) is 5.78 Å². The molecule has 0 aliphatic carbocycles. The molecule has 1 aromatic heterocycles. The molecule has 0 amide bonds. The Balaban J connectivity index is 1.55. The first kappa shape index (κ1) is 15.1. The first-order valence-corrected chi connectivity index (χ1v) is 7.92. The Kier molecular flexibility index (Phi) is 3.75. The number of nitrogens with one attached hydrogen (secondary N) is 1. The zero-order valence-corrected chi connectivity index (χ0v) is 13.2. The second-order valence-corrected chi connectivity index (χ2v) is 5.81. The van der Waals surface area contributed by atoms with E-state index in [4.69, 9.17) is 4.84 Å². The zero-order valence-electron chi connectivity index (χ0n) is 13.2. The summed E-state index contributed by atoms with van der Waals surface area (Å²) in [4.78, 5) is 25.5. The summed E-state index contributed by atoms with van der Waals surface area (Å²) in [6.45, 7) is 0. The van der Waals surface area contributed by atoms with Gasteiger partial charge >= 0.3 is 0 Å². The third-order valence-electron chi connectivity index (χ3n) is 4.19. The second-order valence-electron chi connectivity index (χ2n) is 5.81. The number of ketones is 1. The molecule has 0 fully saturated rings. The number of H-pyrrole nitrogens is 1. The molecule has 6 heteroatoms. The molecule has 1 aliphatic heterocycles. The first-order chi connectivity index (χ1) is 12.3. The van der Waals surface area contributed by atoms with Gasteiger partial charge in [-0.05, 0) is 17.7 Å². The number of para-hydroxylation sites is 2. The van der Waals surface area contributed by atoms with Crippen molar-refractivity contribution >= 4 is 22.5 Å². The number of nitrogens with zero attached hydrogens (tertiary/aromatic N) is 3. The van der Waals surface area contributed by atoms with Gasteiger partial charge in [0.1, 0.15) is 5.82 Å². The quantitative estimate of drug-likeness (QED) is 0.796. The molecule has 0 radical (unpaired) electrons. The number of hydrogen-bond acceptors (Lipinski definition) is 5. The predicted molar refractivity (Wildman–Crippen MR) is 91.9 cm³/mol. The molecule has 2 aromatic carbocycles. The Bertz CT molecular complexity index is 968. The highest BCUT2D eigenvalue weighted by atomic mass is 16.6. The fraction of sp³-hybridized carbons (Fsp3) is 0.158. The maximum absolute atomic E-state index is 12.7. The number of nitriles is 1. The number of rotatable bonds is 4. The van der Waals surface area contributed by atoms with Crippen LogP contribution >= 0.6 is 0 Å². The molecule has 0 saturated heterocycles. The van der Waals surface area contributed by atoms with Crippen LogP contribution in [0, 0.1) is 11.3 Å². The highest BCUT2D eigenvalue weighted by molar-refractivity contribution is 6.05. The van der Waals surface area contributed by atoms with Crippen LogP contribution in [0.25, 0.3) is 11.0 Å². The van der Waals surface area contributed by atoms with Crippen molar-refractivity contribution in [3.8, 4) is 6.07 Å². The van der Waals surface area contributed by atoms with Crippen molar-refractivity contribution < 1.29 is 9.63 Å². The molecule has 0 saturated carbocycles. The molecular weight excluding hydrogens is 316 g/mol. The van der Waals surface area contributed by atoms with Crippen molar-refractivity contribution in [2.75, 3.05) is 0 Å². The molecule has 3 aromatic rings. The highest BCUT2D eigenvalue weighted by Crippen LogP contribution is 2.24. The maximum atomic E-state index is 12.7. The molecule has 4 rings (SSSR count). The van der Waals surface area contributed by atoms with E-state index in [2.05, 4.69) is 15.1 Å². The average molecular weight is 330 g/mol. The Morgan fingerprint density at radius 3 is 2.72 bits per heavy atom. The number of imidazole rings is 1. The average Bonchev–Trinajstić information content (AvgIpc) is 3.30. The topological polar surface area (TPSA) is 91.1 Å². The van der Waals surface area contributed by atoms with E-state index in [0.29, 0.717) is 18.0 Å². The van der Waals surface area contributed by atoms with E-state index in [0.717, 1.165) is 16.6 Å². The number of oxime groups is 1. The number of aromatic amines is 1. The second kappa shape index (κ2) is 6.21. The standard InChI is InChI=1S/C19H14N4O2/c20-11-13(19-21-14-8-4-5-9-15(14)22-19)18(24)17-10-16(23-25-17)12-6-2-1-3-7-12/h1-9,13,17H,10H2,(H,21,22)/t13-,17-/m1/s1. The van der Waals surface area contributed by atoms with Crippen LogP contribution in [0.1, 0.15) is 23.7 Å². The smallest absolute Gasteiger partial charge is 0.201 e. The van der Waals surface area contributed by atoms with E-state index in [9.17, 15) is 10.1 Å². The van der Waals surface area contributed by atoms with Crippen molar-refractivity contribution in [1.82, 2.24) is 9.97 Å². The molecule has 6 nitrogen and oxygen atoms in total. The van der Waals surface area contributed by atoms with Gasteiger partial charge in [-0.1, -0.05) is 47.6 Å². The fourth-order valence-corrected chi connectivity index (χ4v) is 2.89. The Morgan fingerprint density at radius 1 is 1.20 bits per heavy atom. The number of hydrogen-bond donors (Lipinski definition) is 1. The van der Waals surface area contributed by atoms with Crippen LogP contribution in [0.3, 0.4) is 0 Å². The van der Waals surface area contributed by atoms with Crippen molar-refractivity contribution in [2.45, 2.75) is 18.4 Å². The summed E-state index contributed by atoms with van der Waals surface area (Å²) in [5.41, 5.74) is 3.13. The molecule has 25 heavy (non-hydrogen) atoms. The van der Waals surface area contributed by atoms with Crippen molar-refractivity contribution in [3.63, 3.8) is 0 Å². The lowest BCUT2D eigenvalue weighted by Gasteiger charge is -2.10. The molecule has 2 atom stereocenters. The summed E-state index contributed by atoms with van der Waals surface area (Å²) in [6.07, 6.45) is -0.422. The summed E-state index contributed by atoms with van der Waals surface area (Å²) in [5.74, 6) is -1.01. The molecule has 1 N–H and O–H groups in total. The van der Waals surface area contributed by atoms with Crippen LogP contribution in [0.5, 0.6) is 0 Å². The summed E-state index contributed by atoms with van der Waals surface area (Å²) >= 11 is 0. The van der Waals surface area contributed by atoms with Gasteiger partial charge in [0.15, 0.2) is 12.0 Å². The van der Waals surface area contributed by atoms with Gasteiger partial charge in [-0.25, -0.2) is 4.98 Å². The third-order valence-corrected chi connectivity index (χ3v) is 4.19. The van der Waals surface area contributed by atoms with Gasteiger partial charge in [-0.15, -0.1) is 0 Å². The number of Topliss-reactive ketones (excluding diaryl/α,β-unsaturated/α-hetero) is 1. The lowest BCUT2D eigenvalue weighted by molar-refractivity contribution is -0.129. The summed E-state index contributed by atoms with van der Waals surface area (Å²) in [7, 11) is 0. The van der Waals surface area contributed by atoms with Crippen molar-refractivity contribution in [3.05, 3.63) is 66.0 Å². The molecule has 122 valence electrons. The minimum absolute atomic E-state index is 0.337. The first-order valence-electron chi connectivity index (χ1n) is 7.92. The lowest BCUT2D eigenvalue weighted by Crippen LogP contribution is -2.27. The van der Waals surface area contributed by atoms with Crippen LogP contribution in [0.15, 0.2) is 59.8 Å².